The van der Waals surface area contributed by atoms with E-state index in [-0.39, 0.29) is 0 Å². The fraction of sp³-hybridized carbons (Fsp3) is 0.158. The summed E-state index contributed by atoms with van der Waals surface area (Å²) >= 11 is 13.5. The van der Waals surface area contributed by atoms with E-state index in [4.69, 9.17) is 27.9 Å². The SMILES string of the molecule is C=CCn1c(COc2ccc(Cl)cc2)nnc1SCc1cccc(Cl)c1. The largest absolute Gasteiger partial charge is 0.486 e. The molecule has 0 saturated heterocycles. The van der Waals surface area contributed by atoms with Gasteiger partial charge in [-0.05, 0) is 42.0 Å². The van der Waals surface area contributed by atoms with E-state index in [0.717, 1.165) is 33.1 Å². The summed E-state index contributed by atoms with van der Waals surface area (Å²) in [5.41, 5.74) is 1.13. The summed E-state index contributed by atoms with van der Waals surface area (Å²) in [6.45, 7) is 4.75. The van der Waals surface area contributed by atoms with E-state index in [2.05, 4.69) is 16.8 Å². The lowest BCUT2D eigenvalue weighted by Gasteiger charge is -2.09. The van der Waals surface area contributed by atoms with Gasteiger partial charge in [0.1, 0.15) is 12.4 Å². The second-order valence-corrected chi connectivity index (χ2v) is 7.27. The third-order valence-electron chi connectivity index (χ3n) is 3.54. The van der Waals surface area contributed by atoms with Crippen LogP contribution in [0.5, 0.6) is 5.75 Å². The average Bonchev–Trinajstić information content (AvgIpc) is 3.02. The number of halogens is 2. The van der Waals surface area contributed by atoms with E-state index in [1.807, 2.05) is 47.0 Å². The minimum Gasteiger partial charge on any atom is -0.486 e. The predicted molar refractivity (Wildman–Crippen MR) is 107 cm³/mol. The van der Waals surface area contributed by atoms with Crippen LogP contribution in [-0.4, -0.2) is 14.8 Å². The fourth-order valence-corrected chi connectivity index (χ4v) is 3.55. The Balaban J connectivity index is 1.68. The normalized spacial score (nSPS) is 10.7. The number of thioether (sulfide) groups is 1. The highest BCUT2D eigenvalue weighted by atomic mass is 35.5. The van der Waals surface area contributed by atoms with E-state index in [1.54, 1.807) is 23.9 Å². The predicted octanol–water partition coefficient (Wildman–Crippen LogP) is 5.64. The van der Waals surface area contributed by atoms with Crippen molar-refractivity contribution in [3.8, 4) is 5.75 Å². The molecular weight excluding hydrogens is 389 g/mol. The Kier molecular flexibility index (Phi) is 6.61. The number of rotatable bonds is 8. The Morgan fingerprint density at radius 1 is 1.08 bits per heavy atom. The van der Waals surface area contributed by atoms with Gasteiger partial charge in [-0.1, -0.05) is 53.2 Å². The van der Waals surface area contributed by atoms with Crippen LogP contribution in [0.4, 0.5) is 0 Å². The smallest absolute Gasteiger partial charge is 0.191 e. The van der Waals surface area contributed by atoms with E-state index in [1.165, 1.54) is 0 Å². The third kappa shape index (κ3) is 5.04. The second-order valence-electron chi connectivity index (χ2n) is 5.46. The number of hydrogen-bond donors (Lipinski definition) is 0. The molecule has 0 atom stereocenters. The van der Waals surface area contributed by atoms with Crippen molar-refractivity contribution >= 4 is 35.0 Å². The molecule has 0 unspecified atom stereocenters. The number of aromatic nitrogens is 3. The molecule has 3 rings (SSSR count). The Labute approximate surface area is 166 Å². The van der Waals surface area contributed by atoms with Gasteiger partial charge in [-0.15, -0.1) is 16.8 Å². The first-order valence-electron chi connectivity index (χ1n) is 7.94. The molecule has 0 amide bonds. The first kappa shape index (κ1) is 18.8. The van der Waals surface area contributed by atoms with Gasteiger partial charge in [-0.25, -0.2) is 0 Å². The number of allylic oxidation sites excluding steroid dienone is 1. The number of benzene rings is 2. The zero-order valence-electron chi connectivity index (χ0n) is 13.9. The summed E-state index contributed by atoms with van der Waals surface area (Å²) in [5.74, 6) is 2.23. The molecule has 0 aliphatic heterocycles. The highest BCUT2D eigenvalue weighted by Gasteiger charge is 2.12. The van der Waals surface area contributed by atoms with E-state index < -0.39 is 0 Å². The van der Waals surface area contributed by atoms with Crippen molar-refractivity contribution in [2.24, 2.45) is 0 Å². The lowest BCUT2D eigenvalue weighted by Crippen LogP contribution is -2.07. The molecule has 0 fully saturated rings. The fourth-order valence-electron chi connectivity index (χ4n) is 2.30. The summed E-state index contributed by atoms with van der Waals surface area (Å²) < 4.78 is 7.78. The van der Waals surface area contributed by atoms with Crippen LogP contribution in [0.2, 0.25) is 10.0 Å². The summed E-state index contributed by atoms with van der Waals surface area (Å²) in [4.78, 5) is 0. The highest BCUT2D eigenvalue weighted by Crippen LogP contribution is 2.24. The van der Waals surface area contributed by atoms with Crippen LogP contribution >= 0.6 is 35.0 Å². The van der Waals surface area contributed by atoms with Crippen molar-refractivity contribution in [2.45, 2.75) is 24.1 Å². The minimum absolute atomic E-state index is 0.320. The van der Waals surface area contributed by atoms with Crippen LogP contribution in [0.25, 0.3) is 0 Å². The lowest BCUT2D eigenvalue weighted by molar-refractivity contribution is 0.289. The Morgan fingerprint density at radius 2 is 1.88 bits per heavy atom. The molecule has 0 radical (unpaired) electrons. The highest BCUT2D eigenvalue weighted by molar-refractivity contribution is 7.98. The van der Waals surface area contributed by atoms with Crippen LogP contribution in [-0.2, 0) is 18.9 Å². The van der Waals surface area contributed by atoms with Gasteiger partial charge in [-0.3, -0.25) is 4.57 Å². The van der Waals surface area contributed by atoms with Gasteiger partial charge in [0.2, 0.25) is 0 Å². The molecule has 1 heterocycles. The molecule has 26 heavy (non-hydrogen) atoms. The molecule has 0 saturated carbocycles. The van der Waals surface area contributed by atoms with Crippen molar-refractivity contribution < 1.29 is 4.74 Å². The molecule has 4 nitrogen and oxygen atoms in total. The maximum atomic E-state index is 6.04. The summed E-state index contributed by atoms with van der Waals surface area (Å²) in [5, 5.41) is 10.8. The van der Waals surface area contributed by atoms with Crippen molar-refractivity contribution in [1.29, 1.82) is 0 Å². The molecule has 0 N–H and O–H groups in total. The molecule has 0 aliphatic carbocycles. The van der Waals surface area contributed by atoms with Gasteiger partial charge in [0.25, 0.3) is 0 Å². The molecular formula is C19H17Cl2N3OS. The van der Waals surface area contributed by atoms with E-state index in [9.17, 15) is 0 Å². The Hall–Kier alpha value is -1.95. The van der Waals surface area contributed by atoms with Crippen molar-refractivity contribution in [3.05, 3.63) is 82.6 Å². The maximum absolute atomic E-state index is 6.04. The van der Waals surface area contributed by atoms with Gasteiger partial charge in [0.05, 0.1) is 0 Å². The van der Waals surface area contributed by atoms with Crippen LogP contribution in [0.15, 0.2) is 66.3 Å². The zero-order chi connectivity index (χ0) is 18.4. The quantitative estimate of drug-likeness (QED) is 0.358. The number of hydrogen-bond acceptors (Lipinski definition) is 4. The molecule has 1 aromatic heterocycles. The van der Waals surface area contributed by atoms with Gasteiger partial charge in [0, 0.05) is 22.3 Å². The molecule has 0 bridgehead atoms. The summed E-state index contributed by atoms with van der Waals surface area (Å²) in [6.07, 6.45) is 1.82. The van der Waals surface area contributed by atoms with Gasteiger partial charge < -0.3 is 4.74 Å². The summed E-state index contributed by atoms with van der Waals surface area (Å²) in [6, 6.07) is 15.0. The van der Waals surface area contributed by atoms with Crippen molar-refractivity contribution in [1.82, 2.24) is 14.8 Å². The van der Waals surface area contributed by atoms with Crippen LogP contribution in [0.3, 0.4) is 0 Å². The maximum Gasteiger partial charge on any atom is 0.191 e. The molecule has 134 valence electrons. The lowest BCUT2D eigenvalue weighted by atomic mass is 10.2. The number of ether oxygens (including phenoxy) is 1. The standard InChI is InChI=1S/C19H17Cl2N3OS/c1-2-10-24-18(12-25-17-8-6-15(20)7-9-17)22-23-19(24)26-13-14-4-3-5-16(21)11-14/h2-9,11H,1,10,12-13H2. The molecule has 0 spiro atoms. The third-order valence-corrected chi connectivity index (χ3v) is 5.07. The van der Waals surface area contributed by atoms with Crippen LogP contribution in [0.1, 0.15) is 11.4 Å². The first-order valence-corrected chi connectivity index (χ1v) is 9.68. The average molecular weight is 406 g/mol. The molecule has 3 aromatic rings. The van der Waals surface area contributed by atoms with Crippen molar-refractivity contribution in [3.63, 3.8) is 0 Å². The van der Waals surface area contributed by atoms with Crippen LogP contribution < -0.4 is 4.74 Å². The monoisotopic (exact) mass is 405 g/mol. The summed E-state index contributed by atoms with van der Waals surface area (Å²) in [7, 11) is 0. The second kappa shape index (κ2) is 9.12. The Bertz CT molecular complexity index is 881. The molecule has 2 aromatic carbocycles. The zero-order valence-corrected chi connectivity index (χ0v) is 16.3. The van der Waals surface area contributed by atoms with E-state index in [0.29, 0.717) is 18.2 Å². The molecule has 7 heteroatoms. The number of nitrogens with zero attached hydrogens (tertiary/aromatic N) is 3. The topological polar surface area (TPSA) is 39.9 Å². The van der Waals surface area contributed by atoms with Gasteiger partial charge >= 0.3 is 0 Å². The Morgan fingerprint density at radius 3 is 2.62 bits per heavy atom. The molecule has 0 aliphatic rings. The van der Waals surface area contributed by atoms with Gasteiger partial charge in [-0.2, -0.15) is 0 Å². The first-order chi connectivity index (χ1) is 12.7. The minimum atomic E-state index is 0.320. The van der Waals surface area contributed by atoms with Crippen molar-refractivity contribution in [2.75, 3.05) is 0 Å². The van der Waals surface area contributed by atoms with Gasteiger partial charge in [0.15, 0.2) is 11.0 Å². The van der Waals surface area contributed by atoms with Crippen LogP contribution in [0, 0.1) is 0 Å². The van der Waals surface area contributed by atoms with E-state index >= 15 is 0 Å².